The number of ether oxygens (including phenoxy) is 3. The Morgan fingerprint density at radius 3 is 2.69 bits per heavy atom. The number of benzene rings is 2. The second-order valence-corrected chi connectivity index (χ2v) is 5.47. The average Bonchev–Trinajstić information content (AvgIpc) is 2.67. The van der Waals surface area contributed by atoms with Crippen LogP contribution in [0.5, 0.6) is 11.5 Å². The van der Waals surface area contributed by atoms with Gasteiger partial charge in [0.05, 0.1) is 18.1 Å². The fourth-order valence-corrected chi connectivity index (χ4v) is 2.49. The van der Waals surface area contributed by atoms with Crippen molar-refractivity contribution in [2.75, 3.05) is 25.1 Å². The Bertz CT molecular complexity index is 872. The molecule has 0 bridgehead atoms. The van der Waals surface area contributed by atoms with Crippen molar-refractivity contribution in [3.05, 3.63) is 53.6 Å². The third-order valence-corrected chi connectivity index (χ3v) is 3.67. The Balaban J connectivity index is 1.57. The molecular formula is C19H16N2O5. The van der Waals surface area contributed by atoms with Gasteiger partial charge in [-0.15, -0.1) is 0 Å². The Morgan fingerprint density at radius 2 is 1.88 bits per heavy atom. The van der Waals surface area contributed by atoms with Gasteiger partial charge in [-0.05, 0) is 23.8 Å². The highest BCUT2D eigenvalue weighted by molar-refractivity contribution is 5.96. The molecule has 1 aliphatic heterocycles. The number of hydrogen-bond donors (Lipinski definition) is 1. The number of esters is 1. The van der Waals surface area contributed by atoms with E-state index in [-0.39, 0.29) is 12.0 Å². The summed E-state index contributed by atoms with van der Waals surface area (Å²) in [5, 5.41) is 11.4. The predicted molar refractivity (Wildman–Crippen MR) is 92.1 cm³/mol. The van der Waals surface area contributed by atoms with Crippen molar-refractivity contribution in [3.63, 3.8) is 0 Å². The number of nitriles is 1. The van der Waals surface area contributed by atoms with Crippen LogP contribution in [-0.4, -0.2) is 31.7 Å². The topological polar surface area (TPSA) is 97.7 Å². The van der Waals surface area contributed by atoms with Gasteiger partial charge in [0.15, 0.2) is 18.1 Å². The van der Waals surface area contributed by atoms with Crippen LogP contribution >= 0.6 is 0 Å². The van der Waals surface area contributed by atoms with Crippen LogP contribution in [0.15, 0.2) is 42.5 Å². The molecule has 0 saturated heterocycles. The van der Waals surface area contributed by atoms with Crippen LogP contribution in [0, 0.1) is 11.3 Å². The summed E-state index contributed by atoms with van der Waals surface area (Å²) in [5.74, 6) is 0.0484. The molecule has 0 fully saturated rings. The molecular weight excluding hydrogens is 336 g/mol. The van der Waals surface area contributed by atoms with E-state index in [0.717, 1.165) is 0 Å². The first-order chi connectivity index (χ1) is 12.7. The highest BCUT2D eigenvalue weighted by Crippen LogP contribution is 2.32. The van der Waals surface area contributed by atoms with E-state index in [0.29, 0.717) is 36.0 Å². The number of nitrogens with one attached hydrogen (secondary N) is 1. The molecule has 7 nitrogen and oxygen atoms in total. The molecule has 1 aliphatic rings. The number of hydrogen-bond acceptors (Lipinski definition) is 6. The summed E-state index contributed by atoms with van der Waals surface area (Å²) in [6, 6.07) is 13.7. The number of nitrogens with zero attached hydrogens (tertiary/aromatic N) is 1. The maximum atomic E-state index is 12.1. The number of carbonyl (C=O) groups excluding carboxylic acids is 2. The summed E-state index contributed by atoms with van der Waals surface area (Å²) < 4.78 is 15.9. The summed E-state index contributed by atoms with van der Waals surface area (Å²) in [7, 11) is 0. The summed E-state index contributed by atoms with van der Waals surface area (Å²) >= 11 is 0. The molecule has 1 heterocycles. The molecule has 0 aromatic heterocycles. The van der Waals surface area contributed by atoms with Crippen LogP contribution in [0.4, 0.5) is 5.69 Å². The van der Waals surface area contributed by atoms with E-state index in [9.17, 15) is 9.59 Å². The van der Waals surface area contributed by atoms with Crippen LogP contribution in [0.3, 0.4) is 0 Å². The Kier molecular flexibility index (Phi) is 5.34. The van der Waals surface area contributed by atoms with E-state index in [1.54, 1.807) is 42.5 Å². The van der Waals surface area contributed by atoms with Crippen molar-refractivity contribution in [2.24, 2.45) is 0 Å². The van der Waals surface area contributed by atoms with Crippen LogP contribution in [0.2, 0.25) is 0 Å². The van der Waals surface area contributed by atoms with Gasteiger partial charge in [0.2, 0.25) is 0 Å². The molecule has 2 aromatic carbocycles. The van der Waals surface area contributed by atoms with Crippen molar-refractivity contribution in [3.8, 4) is 17.6 Å². The molecule has 2 aromatic rings. The summed E-state index contributed by atoms with van der Waals surface area (Å²) in [4.78, 5) is 24.2. The van der Waals surface area contributed by atoms with Crippen LogP contribution in [0.1, 0.15) is 15.9 Å². The van der Waals surface area contributed by atoms with Crippen LogP contribution < -0.4 is 14.8 Å². The molecule has 1 N–H and O–H groups in total. The SMILES string of the molecule is N#CCc1ccccc1C(=O)OCC(=O)Nc1ccc2c(c1)OCCO2. The molecule has 0 unspecified atom stereocenters. The number of anilines is 1. The zero-order valence-corrected chi connectivity index (χ0v) is 13.9. The first-order valence-corrected chi connectivity index (χ1v) is 7.99. The average molecular weight is 352 g/mol. The standard InChI is InChI=1S/C19H16N2O5/c20-8-7-13-3-1-2-4-15(13)19(23)26-12-18(22)21-14-5-6-16-17(11-14)25-10-9-24-16/h1-6,11H,7,9-10,12H2,(H,21,22). The van der Waals surface area contributed by atoms with E-state index in [4.69, 9.17) is 19.5 Å². The van der Waals surface area contributed by atoms with Crippen LogP contribution in [0.25, 0.3) is 0 Å². The lowest BCUT2D eigenvalue weighted by Crippen LogP contribution is -2.22. The lowest BCUT2D eigenvalue weighted by atomic mass is 10.1. The van der Waals surface area contributed by atoms with E-state index in [1.165, 1.54) is 0 Å². The molecule has 0 saturated carbocycles. The highest BCUT2D eigenvalue weighted by Gasteiger charge is 2.15. The smallest absolute Gasteiger partial charge is 0.338 e. The molecule has 26 heavy (non-hydrogen) atoms. The van der Waals surface area contributed by atoms with Crippen molar-refractivity contribution in [1.82, 2.24) is 0 Å². The van der Waals surface area contributed by atoms with E-state index in [2.05, 4.69) is 5.32 Å². The van der Waals surface area contributed by atoms with Crippen molar-refractivity contribution in [2.45, 2.75) is 6.42 Å². The zero-order valence-electron chi connectivity index (χ0n) is 13.9. The molecule has 132 valence electrons. The minimum atomic E-state index is -0.645. The van der Waals surface area contributed by atoms with E-state index < -0.39 is 18.5 Å². The summed E-state index contributed by atoms with van der Waals surface area (Å²) in [5.41, 5.74) is 1.36. The minimum absolute atomic E-state index is 0.0919. The Morgan fingerprint density at radius 1 is 1.12 bits per heavy atom. The molecule has 3 rings (SSSR count). The third-order valence-electron chi connectivity index (χ3n) is 3.67. The second kappa shape index (κ2) is 8.03. The first-order valence-electron chi connectivity index (χ1n) is 7.99. The quantitative estimate of drug-likeness (QED) is 0.830. The number of carbonyl (C=O) groups is 2. The number of fused-ring (bicyclic) bond motifs is 1. The van der Waals surface area contributed by atoms with Gasteiger partial charge in [0.25, 0.3) is 5.91 Å². The van der Waals surface area contributed by atoms with Gasteiger partial charge < -0.3 is 19.5 Å². The fraction of sp³-hybridized carbons (Fsp3) is 0.211. The number of amides is 1. The van der Waals surface area contributed by atoms with Gasteiger partial charge in [-0.2, -0.15) is 5.26 Å². The molecule has 0 radical (unpaired) electrons. The summed E-state index contributed by atoms with van der Waals surface area (Å²) in [6.45, 7) is 0.500. The lowest BCUT2D eigenvalue weighted by molar-refractivity contribution is -0.119. The van der Waals surface area contributed by atoms with E-state index >= 15 is 0 Å². The van der Waals surface area contributed by atoms with Crippen molar-refractivity contribution in [1.29, 1.82) is 5.26 Å². The van der Waals surface area contributed by atoms with E-state index in [1.807, 2.05) is 6.07 Å². The largest absolute Gasteiger partial charge is 0.486 e. The Hall–Kier alpha value is -3.53. The maximum absolute atomic E-state index is 12.1. The van der Waals surface area contributed by atoms with Crippen LogP contribution in [-0.2, 0) is 16.0 Å². The van der Waals surface area contributed by atoms with Gasteiger partial charge in [0, 0.05) is 11.8 Å². The van der Waals surface area contributed by atoms with Gasteiger partial charge >= 0.3 is 5.97 Å². The molecule has 0 spiro atoms. The monoisotopic (exact) mass is 352 g/mol. The van der Waals surface area contributed by atoms with Gasteiger partial charge in [-0.3, -0.25) is 4.79 Å². The molecule has 0 atom stereocenters. The Labute approximate surface area is 150 Å². The minimum Gasteiger partial charge on any atom is -0.486 e. The molecule has 0 aliphatic carbocycles. The van der Waals surface area contributed by atoms with Gasteiger partial charge in [0.1, 0.15) is 13.2 Å². The second-order valence-electron chi connectivity index (χ2n) is 5.47. The first kappa shape index (κ1) is 17.3. The fourth-order valence-electron chi connectivity index (χ4n) is 2.49. The zero-order chi connectivity index (χ0) is 18.4. The predicted octanol–water partition coefficient (Wildman–Crippen LogP) is 2.32. The van der Waals surface area contributed by atoms with Crippen molar-refractivity contribution >= 4 is 17.6 Å². The molecule has 7 heteroatoms. The van der Waals surface area contributed by atoms with Gasteiger partial charge in [-0.25, -0.2) is 4.79 Å². The molecule has 1 amide bonds. The number of rotatable bonds is 5. The maximum Gasteiger partial charge on any atom is 0.338 e. The highest BCUT2D eigenvalue weighted by atomic mass is 16.6. The van der Waals surface area contributed by atoms with Crippen molar-refractivity contribution < 1.29 is 23.8 Å². The summed E-state index contributed by atoms with van der Waals surface area (Å²) in [6.07, 6.45) is 0.0919. The van der Waals surface area contributed by atoms with Gasteiger partial charge in [-0.1, -0.05) is 18.2 Å². The lowest BCUT2D eigenvalue weighted by Gasteiger charge is -2.19. The normalized spacial score (nSPS) is 12.0. The third kappa shape index (κ3) is 4.11.